The Hall–Kier alpha value is -3.12. The van der Waals surface area contributed by atoms with E-state index in [1.54, 1.807) is 19.5 Å². The number of hydrogen-bond acceptors (Lipinski definition) is 4. The summed E-state index contributed by atoms with van der Waals surface area (Å²) in [5, 5.41) is 3.98. The smallest absolute Gasteiger partial charge is 0.174 e. The van der Waals surface area contributed by atoms with Gasteiger partial charge in [0.15, 0.2) is 5.11 Å². The van der Waals surface area contributed by atoms with Gasteiger partial charge >= 0.3 is 0 Å². The highest BCUT2D eigenvalue weighted by molar-refractivity contribution is 7.80. The molecule has 0 radical (unpaired) electrons. The summed E-state index contributed by atoms with van der Waals surface area (Å²) in [5.74, 6) is 1.62. The number of aromatic nitrogens is 1. The maximum Gasteiger partial charge on any atom is 0.174 e. The van der Waals surface area contributed by atoms with Gasteiger partial charge in [-0.3, -0.25) is 4.98 Å². The fraction of sp³-hybridized carbons (Fsp3) is 0.217. The summed E-state index contributed by atoms with van der Waals surface area (Å²) in [6, 6.07) is 19.8. The fourth-order valence-electron chi connectivity index (χ4n) is 2.90. The van der Waals surface area contributed by atoms with Crippen LogP contribution < -0.4 is 14.8 Å². The van der Waals surface area contributed by atoms with Crippen molar-refractivity contribution in [3.8, 4) is 11.5 Å². The Bertz CT molecular complexity index is 917. The Morgan fingerprint density at radius 2 is 1.62 bits per heavy atom. The zero-order valence-corrected chi connectivity index (χ0v) is 17.5. The number of para-hydroxylation sites is 2. The van der Waals surface area contributed by atoms with Crippen molar-refractivity contribution in [3.63, 3.8) is 0 Å². The van der Waals surface area contributed by atoms with Crippen LogP contribution in [0.1, 0.15) is 18.1 Å². The van der Waals surface area contributed by atoms with Crippen LogP contribution in [0, 0.1) is 0 Å². The second kappa shape index (κ2) is 10.4. The molecule has 3 rings (SSSR count). The standard InChI is InChI=1S/C23H25N3O2S/c1-3-28-22-7-5-4-6-21(22)25-23(29)26(17-19-12-14-24-15-13-19)16-18-8-10-20(27-2)11-9-18/h4-15H,3,16-17H2,1-2H3,(H,25,29). The number of nitrogens with zero attached hydrogens (tertiary/aromatic N) is 2. The Morgan fingerprint density at radius 3 is 2.28 bits per heavy atom. The maximum atomic E-state index is 5.77. The highest BCUT2D eigenvalue weighted by Gasteiger charge is 2.14. The first-order valence-electron chi connectivity index (χ1n) is 9.49. The second-order valence-corrected chi connectivity index (χ2v) is 6.81. The first-order chi connectivity index (χ1) is 14.2. The van der Waals surface area contributed by atoms with Crippen molar-refractivity contribution in [1.82, 2.24) is 9.88 Å². The molecule has 6 heteroatoms. The van der Waals surface area contributed by atoms with Crippen molar-refractivity contribution in [1.29, 1.82) is 0 Å². The highest BCUT2D eigenvalue weighted by atomic mass is 32.1. The zero-order valence-electron chi connectivity index (χ0n) is 16.7. The lowest BCUT2D eigenvalue weighted by Crippen LogP contribution is -2.34. The Kier molecular flexibility index (Phi) is 7.41. The van der Waals surface area contributed by atoms with E-state index in [0.717, 1.165) is 28.3 Å². The number of thiocarbonyl (C=S) groups is 1. The molecule has 0 fully saturated rings. The molecule has 2 aromatic carbocycles. The van der Waals surface area contributed by atoms with Crippen molar-refractivity contribution in [2.45, 2.75) is 20.0 Å². The first-order valence-corrected chi connectivity index (χ1v) is 9.90. The van der Waals surface area contributed by atoms with Crippen LogP contribution in [-0.2, 0) is 13.1 Å². The summed E-state index contributed by atoms with van der Waals surface area (Å²) in [7, 11) is 1.67. The molecule has 0 aliphatic heterocycles. The third-order valence-electron chi connectivity index (χ3n) is 4.37. The molecule has 3 aromatic rings. The van der Waals surface area contributed by atoms with Crippen LogP contribution in [0.2, 0.25) is 0 Å². The largest absolute Gasteiger partial charge is 0.497 e. The number of pyridine rings is 1. The van der Waals surface area contributed by atoms with Crippen LogP contribution in [0.4, 0.5) is 5.69 Å². The molecule has 150 valence electrons. The zero-order chi connectivity index (χ0) is 20.5. The van der Waals surface area contributed by atoms with Crippen LogP contribution in [0.15, 0.2) is 73.1 Å². The molecule has 0 unspecified atom stereocenters. The third-order valence-corrected chi connectivity index (χ3v) is 4.73. The van der Waals surface area contributed by atoms with Crippen LogP contribution >= 0.6 is 12.2 Å². The molecule has 0 atom stereocenters. The number of benzene rings is 2. The number of methoxy groups -OCH3 is 1. The molecule has 0 bridgehead atoms. The number of ether oxygens (including phenoxy) is 2. The monoisotopic (exact) mass is 407 g/mol. The fourth-order valence-corrected chi connectivity index (χ4v) is 3.14. The predicted octanol–water partition coefficient (Wildman–Crippen LogP) is 4.89. The van der Waals surface area contributed by atoms with E-state index in [1.807, 2.05) is 55.5 Å². The van der Waals surface area contributed by atoms with Crippen molar-refractivity contribution < 1.29 is 9.47 Å². The minimum atomic E-state index is 0.595. The van der Waals surface area contributed by atoms with Crippen LogP contribution in [-0.4, -0.2) is 28.7 Å². The molecule has 29 heavy (non-hydrogen) atoms. The topological polar surface area (TPSA) is 46.6 Å². The second-order valence-electron chi connectivity index (χ2n) is 6.42. The summed E-state index contributed by atoms with van der Waals surface area (Å²) >= 11 is 5.77. The van der Waals surface area contributed by atoms with E-state index in [2.05, 4.69) is 27.3 Å². The third kappa shape index (κ3) is 5.93. The van der Waals surface area contributed by atoms with Crippen molar-refractivity contribution >= 4 is 23.0 Å². The molecule has 1 N–H and O–H groups in total. The molecular formula is C23H25N3O2S. The summed E-state index contributed by atoms with van der Waals surface area (Å²) < 4.78 is 11.0. The lowest BCUT2D eigenvalue weighted by Gasteiger charge is -2.27. The van der Waals surface area contributed by atoms with Crippen LogP contribution in [0.5, 0.6) is 11.5 Å². The van der Waals surface area contributed by atoms with Crippen molar-refractivity contribution in [3.05, 3.63) is 84.2 Å². The minimum Gasteiger partial charge on any atom is -0.497 e. The first kappa shape index (κ1) is 20.6. The number of hydrogen-bond donors (Lipinski definition) is 1. The minimum absolute atomic E-state index is 0.595. The van der Waals surface area contributed by atoms with E-state index in [4.69, 9.17) is 21.7 Å². The van der Waals surface area contributed by atoms with Crippen LogP contribution in [0.3, 0.4) is 0 Å². The van der Waals surface area contributed by atoms with Gasteiger partial charge in [0.1, 0.15) is 11.5 Å². The molecule has 0 spiro atoms. The SMILES string of the molecule is CCOc1ccccc1NC(=S)N(Cc1ccncc1)Cc1ccc(OC)cc1. The van der Waals surface area contributed by atoms with E-state index in [1.165, 1.54) is 0 Å². The van der Waals surface area contributed by atoms with Crippen molar-refractivity contribution in [2.75, 3.05) is 19.0 Å². The van der Waals surface area contributed by atoms with Crippen LogP contribution in [0.25, 0.3) is 0 Å². The number of rotatable bonds is 8. The van der Waals surface area contributed by atoms with E-state index in [-0.39, 0.29) is 0 Å². The summed E-state index contributed by atoms with van der Waals surface area (Å²) in [5.41, 5.74) is 3.13. The van der Waals surface area contributed by atoms with E-state index in [0.29, 0.717) is 24.8 Å². The molecule has 5 nitrogen and oxygen atoms in total. The molecule has 0 aliphatic carbocycles. The molecule has 0 amide bonds. The number of anilines is 1. The van der Waals surface area contributed by atoms with E-state index < -0.39 is 0 Å². The average molecular weight is 408 g/mol. The van der Waals surface area contributed by atoms with Gasteiger partial charge in [-0.1, -0.05) is 24.3 Å². The molecule has 1 heterocycles. The van der Waals surface area contributed by atoms with Gasteiger partial charge in [-0.2, -0.15) is 0 Å². The summed E-state index contributed by atoms with van der Waals surface area (Å²) in [6.07, 6.45) is 3.59. The van der Waals surface area contributed by atoms with Gasteiger partial charge in [-0.15, -0.1) is 0 Å². The van der Waals surface area contributed by atoms with Gasteiger partial charge in [0.2, 0.25) is 0 Å². The predicted molar refractivity (Wildman–Crippen MR) is 120 cm³/mol. The van der Waals surface area contributed by atoms with Gasteiger partial charge < -0.3 is 19.7 Å². The highest BCUT2D eigenvalue weighted by Crippen LogP contribution is 2.25. The molecule has 0 saturated carbocycles. The maximum absolute atomic E-state index is 5.77. The molecule has 1 aromatic heterocycles. The molecule has 0 aliphatic rings. The lowest BCUT2D eigenvalue weighted by atomic mass is 10.2. The van der Waals surface area contributed by atoms with Gasteiger partial charge in [-0.05, 0) is 66.7 Å². The van der Waals surface area contributed by atoms with Gasteiger partial charge in [0.25, 0.3) is 0 Å². The Labute approximate surface area is 177 Å². The van der Waals surface area contributed by atoms with Gasteiger partial charge in [0.05, 0.1) is 19.4 Å². The normalized spacial score (nSPS) is 10.3. The molecule has 0 saturated heterocycles. The van der Waals surface area contributed by atoms with Gasteiger partial charge in [0, 0.05) is 25.5 Å². The summed E-state index contributed by atoms with van der Waals surface area (Å²) in [4.78, 5) is 6.22. The Balaban J connectivity index is 1.80. The van der Waals surface area contributed by atoms with Crippen molar-refractivity contribution in [2.24, 2.45) is 0 Å². The van der Waals surface area contributed by atoms with Gasteiger partial charge in [-0.25, -0.2) is 0 Å². The lowest BCUT2D eigenvalue weighted by molar-refractivity contribution is 0.342. The Morgan fingerprint density at radius 1 is 0.966 bits per heavy atom. The number of nitrogens with one attached hydrogen (secondary N) is 1. The molecular weight excluding hydrogens is 382 g/mol. The summed E-state index contributed by atoms with van der Waals surface area (Å²) in [6.45, 7) is 3.89. The van der Waals surface area contributed by atoms with E-state index >= 15 is 0 Å². The quantitative estimate of drug-likeness (QED) is 0.537. The van der Waals surface area contributed by atoms with E-state index in [9.17, 15) is 0 Å². The average Bonchev–Trinajstić information content (AvgIpc) is 2.76.